The number of aryl methyl sites for hydroxylation is 3. The smallest absolute Gasteiger partial charge is 0.283 e. The van der Waals surface area contributed by atoms with Gasteiger partial charge in [0.2, 0.25) is 5.17 Å². The molecule has 1 aromatic heterocycles. The number of hydrogen-bond acceptors (Lipinski definition) is 4. The van der Waals surface area contributed by atoms with Crippen LogP contribution in [0.2, 0.25) is 0 Å². The van der Waals surface area contributed by atoms with Gasteiger partial charge in [-0.1, -0.05) is 13.0 Å². The topological polar surface area (TPSA) is 73.8 Å². The van der Waals surface area contributed by atoms with Crippen LogP contribution < -0.4 is 0 Å². The van der Waals surface area contributed by atoms with Gasteiger partial charge in [0.25, 0.3) is 5.91 Å². The molecule has 0 aliphatic carbocycles. The predicted octanol–water partition coefficient (Wildman–Crippen LogP) is 4.74. The summed E-state index contributed by atoms with van der Waals surface area (Å²) >= 11 is 1.35. The molecular weight excluding hydrogens is 382 g/mol. The Hall–Kier alpha value is -2.93. The minimum atomic E-state index is -0.391. The fourth-order valence-electron chi connectivity index (χ4n) is 3.53. The van der Waals surface area contributed by atoms with Crippen molar-refractivity contribution in [2.45, 2.75) is 41.0 Å². The van der Waals surface area contributed by atoms with E-state index in [4.69, 9.17) is 5.41 Å². The Balaban J connectivity index is 1.76. The van der Waals surface area contributed by atoms with E-state index in [9.17, 15) is 4.79 Å². The van der Waals surface area contributed by atoms with Crippen LogP contribution in [0.15, 0.2) is 39.9 Å². The van der Waals surface area contributed by atoms with Gasteiger partial charge in [-0.15, -0.1) is 0 Å². The number of fused-ring (bicyclic) bond motifs is 1. The summed E-state index contributed by atoms with van der Waals surface area (Å²) in [6.45, 7) is 10.3. The molecule has 1 aromatic carbocycles. The fourth-order valence-corrected chi connectivity index (χ4v) is 4.35. The molecule has 0 saturated carbocycles. The second-order valence-corrected chi connectivity index (χ2v) is 8.34. The Morgan fingerprint density at radius 3 is 2.59 bits per heavy atom. The molecule has 1 amide bonds. The highest BCUT2D eigenvalue weighted by Crippen LogP contribution is 2.30. The zero-order valence-electron chi connectivity index (χ0n) is 17.2. The van der Waals surface area contributed by atoms with Crippen molar-refractivity contribution in [1.82, 2.24) is 9.58 Å². The maximum absolute atomic E-state index is 12.6. The van der Waals surface area contributed by atoms with Gasteiger partial charge < -0.3 is 4.57 Å². The molecular formula is C22H23N5OS. The molecule has 3 heterocycles. The van der Waals surface area contributed by atoms with Gasteiger partial charge in [-0.2, -0.15) is 15.1 Å². The summed E-state index contributed by atoms with van der Waals surface area (Å²) < 4.78 is 2.17. The van der Waals surface area contributed by atoms with Crippen molar-refractivity contribution in [3.8, 4) is 5.69 Å². The number of aliphatic imine (C=N–C) groups is 1. The maximum atomic E-state index is 12.6. The van der Waals surface area contributed by atoms with Gasteiger partial charge in [0.1, 0.15) is 5.04 Å². The highest BCUT2D eigenvalue weighted by atomic mass is 32.2. The van der Waals surface area contributed by atoms with E-state index in [1.54, 1.807) is 6.08 Å². The second kappa shape index (κ2) is 7.15. The van der Waals surface area contributed by atoms with E-state index in [0.29, 0.717) is 5.17 Å². The van der Waals surface area contributed by atoms with Gasteiger partial charge in [0.05, 0.1) is 5.57 Å². The Morgan fingerprint density at radius 2 is 1.90 bits per heavy atom. The van der Waals surface area contributed by atoms with Crippen LogP contribution in [-0.2, 0) is 4.79 Å². The molecule has 0 unspecified atom stereocenters. The van der Waals surface area contributed by atoms with Crippen molar-refractivity contribution in [2.75, 3.05) is 0 Å². The molecule has 6 nitrogen and oxygen atoms in total. The average Bonchev–Trinajstić information content (AvgIpc) is 3.21. The third kappa shape index (κ3) is 3.25. The largest absolute Gasteiger partial charge is 0.318 e. The van der Waals surface area contributed by atoms with Gasteiger partial charge in [0, 0.05) is 17.1 Å². The number of nitrogens with one attached hydrogen (secondary N) is 1. The van der Waals surface area contributed by atoms with E-state index in [1.807, 2.05) is 26.8 Å². The Bertz CT molecular complexity index is 1150. The Morgan fingerprint density at radius 1 is 1.14 bits per heavy atom. The van der Waals surface area contributed by atoms with E-state index in [2.05, 4.69) is 46.7 Å². The molecule has 0 fully saturated rings. The quantitative estimate of drug-likeness (QED) is 0.750. The number of amidine groups is 2. The van der Waals surface area contributed by atoms with Crippen LogP contribution in [0.1, 0.15) is 41.4 Å². The summed E-state index contributed by atoms with van der Waals surface area (Å²) in [6.07, 6.45) is 2.51. The molecule has 2 aromatic rings. The first-order valence-electron chi connectivity index (χ1n) is 9.55. The van der Waals surface area contributed by atoms with Gasteiger partial charge in [-0.25, -0.2) is 0 Å². The van der Waals surface area contributed by atoms with Crippen molar-refractivity contribution in [2.24, 2.45) is 10.1 Å². The van der Waals surface area contributed by atoms with E-state index >= 15 is 0 Å². The van der Waals surface area contributed by atoms with Crippen molar-refractivity contribution in [1.29, 1.82) is 5.41 Å². The monoisotopic (exact) mass is 405 g/mol. The van der Waals surface area contributed by atoms with Gasteiger partial charge in [-0.3, -0.25) is 10.2 Å². The van der Waals surface area contributed by atoms with E-state index in [-0.39, 0.29) is 11.4 Å². The standard InChI is InChI=1S/C22H23N5OS/c1-6-19-25-27-20(23)18(21(28)24-22(27)29-19)11-16-10-14(4)26(15(16)5)17-8-7-12(2)13(3)9-17/h7-11,23H,6H2,1-5H3/b18-11+,23-20?. The molecule has 0 radical (unpaired) electrons. The minimum Gasteiger partial charge on any atom is -0.318 e. The maximum Gasteiger partial charge on any atom is 0.283 e. The Kier molecular flexibility index (Phi) is 4.78. The zero-order valence-corrected chi connectivity index (χ0v) is 18.0. The third-order valence-electron chi connectivity index (χ3n) is 5.32. The summed E-state index contributed by atoms with van der Waals surface area (Å²) in [5.41, 5.74) is 6.82. The third-order valence-corrected chi connectivity index (χ3v) is 6.37. The molecule has 0 spiro atoms. The number of amides is 1. The molecule has 29 heavy (non-hydrogen) atoms. The number of aromatic nitrogens is 1. The number of benzene rings is 1. The number of nitrogens with zero attached hydrogens (tertiary/aromatic N) is 4. The van der Waals surface area contributed by atoms with Crippen LogP contribution in [0.4, 0.5) is 0 Å². The number of thioether (sulfide) groups is 1. The lowest BCUT2D eigenvalue weighted by atomic mass is 10.1. The van der Waals surface area contributed by atoms with Crippen LogP contribution in [0.3, 0.4) is 0 Å². The molecule has 0 bridgehead atoms. The lowest BCUT2D eigenvalue weighted by Crippen LogP contribution is -2.35. The summed E-state index contributed by atoms with van der Waals surface area (Å²) in [6, 6.07) is 8.43. The molecule has 148 valence electrons. The van der Waals surface area contributed by atoms with Crippen molar-refractivity contribution < 1.29 is 4.79 Å². The first-order valence-corrected chi connectivity index (χ1v) is 10.4. The minimum absolute atomic E-state index is 0.0759. The molecule has 1 N–H and O–H groups in total. The highest BCUT2D eigenvalue weighted by Gasteiger charge is 2.35. The normalized spacial score (nSPS) is 17.7. The summed E-state index contributed by atoms with van der Waals surface area (Å²) in [5, 5.41) is 15.7. The van der Waals surface area contributed by atoms with Gasteiger partial charge in [0.15, 0.2) is 5.84 Å². The highest BCUT2D eigenvalue weighted by molar-refractivity contribution is 8.26. The molecule has 7 heteroatoms. The lowest BCUT2D eigenvalue weighted by molar-refractivity contribution is -0.114. The van der Waals surface area contributed by atoms with Gasteiger partial charge in [-0.05, 0) is 86.8 Å². The molecule has 2 aliphatic rings. The van der Waals surface area contributed by atoms with Crippen LogP contribution in [0, 0.1) is 33.1 Å². The van der Waals surface area contributed by atoms with Crippen LogP contribution in [0.25, 0.3) is 11.8 Å². The summed E-state index contributed by atoms with van der Waals surface area (Å²) in [5.74, 6) is -0.316. The van der Waals surface area contributed by atoms with Gasteiger partial charge >= 0.3 is 0 Å². The average molecular weight is 406 g/mol. The number of carbonyl (C=O) groups is 1. The summed E-state index contributed by atoms with van der Waals surface area (Å²) in [7, 11) is 0. The second-order valence-electron chi connectivity index (χ2n) is 7.30. The van der Waals surface area contributed by atoms with Crippen molar-refractivity contribution in [3.63, 3.8) is 0 Å². The molecule has 0 saturated heterocycles. The Labute approximate surface area is 174 Å². The van der Waals surface area contributed by atoms with E-state index in [0.717, 1.165) is 34.1 Å². The van der Waals surface area contributed by atoms with Crippen LogP contribution in [-0.4, -0.2) is 31.5 Å². The number of hydrogen-bond donors (Lipinski definition) is 1. The molecule has 4 rings (SSSR count). The van der Waals surface area contributed by atoms with Crippen LogP contribution >= 0.6 is 11.8 Å². The van der Waals surface area contributed by atoms with E-state index in [1.165, 1.54) is 27.9 Å². The van der Waals surface area contributed by atoms with E-state index < -0.39 is 5.91 Å². The fraction of sp³-hybridized carbons (Fsp3) is 0.273. The number of hydrazone groups is 1. The molecule has 0 atom stereocenters. The first-order chi connectivity index (χ1) is 13.8. The van der Waals surface area contributed by atoms with Crippen molar-refractivity contribution in [3.05, 3.63) is 57.9 Å². The summed E-state index contributed by atoms with van der Waals surface area (Å²) in [4.78, 5) is 16.8. The first kappa shape index (κ1) is 19.4. The van der Waals surface area contributed by atoms with Crippen LogP contribution in [0.5, 0.6) is 0 Å². The van der Waals surface area contributed by atoms with Crippen molar-refractivity contribution >= 4 is 39.8 Å². The molecule has 2 aliphatic heterocycles. The zero-order chi connectivity index (χ0) is 20.9. The number of rotatable bonds is 3. The predicted molar refractivity (Wildman–Crippen MR) is 120 cm³/mol. The number of carbonyl (C=O) groups excluding carboxylic acids is 1. The lowest BCUT2D eigenvalue weighted by Gasteiger charge is -2.20. The SMILES string of the molecule is CCC1=NN2C(=N)/C(=C\c3cc(C)n(-c4ccc(C)c(C)c4)c3C)C(=O)N=C2S1.